The molecule has 0 aromatic carbocycles. The largest absolute Gasteiger partial charge is 0.389 e. The normalized spacial score (nSPS) is 44.5. The SMILES string of the molecule is O[C@@H]1C=C[C@H](O[C@@H]2COC[C@@H]2I)C1. The molecular formula is C9H13IO3. The van der Waals surface area contributed by atoms with Gasteiger partial charge in [0.2, 0.25) is 0 Å². The quantitative estimate of drug-likeness (QED) is 0.467. The Labute approximate surface area is 91.2 Å². The van der Waals surface area contributed by atoms with Crippen LogP contribution in [0.25, 0.3) is 0 Å². The zero-order valence-corrected chi connectivity index (χ0v) is 9.38. The van der Waals surface area contributed by atoms with E-state index in [1.54, 1.807) is 6.08 Å². The summed E-state index contributed by atoms with van der Waals surface area (Å²) in [5.41, 5.74) is 0. The van der Waals surface area contributed by atoms with Crippen molar-refractivity contribution >= 4 is 22.6 Å². The molecule has 13 heavy (non-hydrogen) atoms. The molecule has 3 nitrogen and oxygen atoms in total. The van der Waals surface area contributed by atoms with Crippen molar-refractivity contribution < 1.29 is 14.6 Å². The van der Waals surface area contributed by atoms with E-state index >= 15 is 0 Å². The van der Waals surface area contributed by atoms with Crippen molar-refractivity contribution in [1.82, 2.24) is 0 Å². The summed E-state index contributed by atoms with van der Waals surface area (Å²) in [5.74, 6) is 0. The van der Waals surface area contributed by atoms with Crippen LogP contribution < -0.4 is 0 Å². The summed E-state index contributed by atoms with van der Waals surface area (Å²) in [6.07, 6.45) is 4.38. The van der Waals surface area contributed by atoms with Crippen molar-refractivity contribution in [2.75, 3.05) is 13.2 Å². The summed E-state index contributed by atoms with van der Waals surface area (Å²) in [5, 5.41) is 9.24. The standard InChI is InChI=1S/C9H13IO3/c10-8-4-12-5-9(8)13-7-2-1-6(11)3-7/h1-2,6-9,11H,3-5H2/t6-,7+,8+,9-/m1/s1. The van der Waals surface area contributed by atoms with Crippen LogP contribution in [0.5, 0.6) is 0 Å². The van der Waals surface area contributed by atoms with Gasteiger partial charge in [0, 0.05) is 6.42 Å². The molecule has 0 aromatic heterocycles. The number of hydrogen-bond acceptors (Lipinski definition) is 3. The Morgan fingerprint density at radius 2 is 2.23 bits per heavy atom. The van der Waals surface area contributed by atoms with Gasteiger partial charge in [-0.15, -0.1) is 0 Å². The lowest BCUT2D eigenvalue weighted by Crippen LogP contribution is -2.27. The maximum Gasteiger partial charge on any atom is 0.0956 e. The van der Waals surface area contributed by atoms with Gasteiger partial charge in [0.1, 0.15) is 0 Å². The fraction of sp³-hybridized carbons (Fsp3) is 0.778. The molecule has 4 atom stereocenters. The van der Waals surface area contributed by atoms with Gasteiger partial charge in [-0.3, -0.25) is 0 Å². The summed E-state index contributed by atoms with van der Waals surface area (Å²) < 4.78 is 11.5. The third-order valence-electron chi connectivity index (χ3n) is 2.33. The highest BCUT2D eigenvalue weighted by Gasteiger charge is 2.30. The Kier molecular flexibility index (Phi) is 3.23. The molecule has 0 spiro atoms. The molecule has 0 saturated carbocycles. The van der Waals surface area contributed by atoms with Crippen molar-refractivity contribution in [3.63, 3.8) is 0 Å². The van der Waals surface area contributed by atoms with Crippen LogP contribution in [0.3, 0.4) is 0 Å². The number of ether oxygens (including phenoxy) is 2. The van der Waals surface area contributed by atoms with E-state index in [1.807, 2.05) is 6.08 Å². The van der Waals surface area contributed by atoms with E-state index in [4.69, 9.17) is 9.47 Å². The van der Waals surface area contributed by atoms with E-state index in [2.05, 4.69) is 22.6 Å². The highest BCUT2D eigenvalue weighted by molar-refractivity contribution is 14.1. The molecular weight excluding hydrogens is 283 g/mol. The van der Waals surface area contributed by atoms with Crippen LogP contribution in [0.2, 0.25) is 0 Å². The number of halogens is 1. The molecule has 0 bridgehead atoms. The minimum atomic E-state index is -0.319. The zero-order valence-electron chi connectivity index (χ0n) is 7.23. The topological polar surface area (TPSA) is 38.7 Å². The smallest absolute Gasteiger partial charge is 0.0956 e. The van der Waals surface area contributed by atoms with Gasteiger partial charge in [-0.2, -0.15) is 0 Å². The Morgan fingerprint density at radius 1 is 1.38 bits per heavy atom. The van der Waals surface area contributed by atoms with E-state index in [0.717, 1.165) is 6.61 Å². The monoisotopic (exact) mass is 296 g/mol. The molecule has 1 heterocycles. The van der Waals surface area contributed by atoms with E-state index in [0.29, 0.717) is 17.0 Å². The summed E-state index contributed by atoms with van der Waals surface area (Å²) in [6, 6.07) is 0. The number of rotatable bonds is 2. The van der Waals surface area contributed by atoms with Gasteiger partial charge in [-0.25, -0.2) is 0 Å². The Balaban J connectivity index is 1.81. The Morgan fingerprint density at radius 3 is 2.77 bits per heavy atom. The molecule has 1 aliphatic carbocycles. The number of aliphatic hydroxyl groups excluding tert-OH is 1. The minimum absolute atomic E-state index is 0.0824. The minimum Gasteiger partial charge on any atom is -0.389 e. The van der Waals surface area contributed by atoms with Crippen molar-refractivity contribution in [2.24, 2.45) is 0 Å². The maximum atomic E-state index is 9.24. The molecule has 1 aliphatic heterocycles. The van der Waals surface area contributed by atoms with Crippen molar-refractivity contribution in [2.45, 2.75) is 28.7 Å². The van der Waals surface area contributed by atoms with Crippen LogP contribution in [-0.4, -0.2) is 40.6 Å². The van der Waals surface area contributed by atoms with Crippen LogP contribution >= 0.6 is 22.6 Å². The first kappa shape index (κ1) is 9.89. The molecule has 1 saturated heterocycles. The number of alkyl halides is 1. The molecule has 74 valence electrons. The molecule has 0 aromatic rings. The van der Waals surface area contributed by atoms with Crippen LogP contribution in [0.15, 0.2) is 12.2 Å². The van der Waals surface area contributed by atoms with Gasteiger partial charge in [-0.1, -0.05) is 34.7 Å². The first-order valence-corrected chi connectivity index (χ1v) is 5.74. The Hall–Kier alpha value is 0.350. The first-order chi connectivity index (χ1) is 6.25. The molecule has 0 radical (unpaired) electrons. The average molecular weight is 296 g/mol. The third kappa shape index (κ3) is 2.43. The van der Waals surface area contributed by atoms with E-state index in [1.165, 1.54) is 0 Å². The van der Waals surface area contributed by atoms with Gasteiger partial charge in [0.25, 0.3) is 0 Å². The molecule has 2 rings (SSSR count). The summed E-state index contributed by atoms with van der Waals surface area (Å²) in [4.78, 5) is 0. The Bertz CT molecular complexity index is 207. The van der Waals surface area contributed by atoms with Gasteiger partial charge in [0.05, 0.1) is 35.5 Å². The van der Waals surface area contributed by atoms with Crippen molar-refractivity contribution in [3.8, 4) is 0 Å². The van der Waals surface area contributed by atoms with Crippen LogP contribution in [-0.2, 0) is 9.47 Å². The van der Waals surface area contributed by atoms with Crippen molar-refractivity contribution in [3.05, 3.63) is 12.2 Å². The lowest BCUT2D eigenvalue weighted by molar-refractivity contribution is 0.000599. The predicted octanol–water partition coefficient (Wildman–Crippen LogP) is 0.895. The maximum absolute atomic E-state index is 9.24. The van der Waals surface area contributed by atoms with Gasteiger partial charge >= 0.3 is 0 Å². The van der Waals surface area contributed by atoms with E-state index in [9.17, 15) is 5.11 Å². The summed E-state index contributed by atoms with van der Waals surface area (Å²) in [7, 11) is 0. The zero-order chi connectivity index (χ0) is 9.26. The van der Waals surface area contributed by atoms with E-state index < -0.39 is 0 Å². The molecule has 2 aliphatic rings. The molecule has 1 fully saturated rings. The lowest BCUT2D eigenvalue weighted by atomic mass is 10.2. The van der Waals surface area contributed by atoms with Crippen LogP contribution in [0.4, 0.5) is 0 Å². The second kappa shape index (κ2) is 4.25. The third-order valence-corrected chi connectivity index (χ3v) is 3.50. The molecule has 0 amide bonds. The van der Waals surface area contributed by atoms with Crippen LogP contribution in [0, 0.1) is 0 Å². The number of hydrogen-bond donors (Lipinski definition) is 1. The second-order valence-corrected chi connectivity index (χ2v) is 5.05. The second-order valence-electron chi connectivity index (χ2n) is 3.45. The van der Waals surface area contributed by atoms with E-state index in [-0.39, 0.29) is 18.3 Å². The van der Waals surface area contributed by atoms with Crippen molar-refractivity contribution in [1.29, 1.82) is 0 Å². The lowest BCUT2D eigenvalue weighted by Gasteiger charge is -2.18. The van der Waals surface area contributed by atoms with Gasteiger partial charge < -0.3 is 14.6 Å². The van der Waals surface area contributed by atoms with Gasteiger partial charge in [-0.05, 0) is 0 Å². The fourth-order valence-electron chi connectivity index (χ4n) is 1.61. The summed E-state index contributed by atoms with van der Waals surface area (Å²) >= 11 is 2.35. The average Bonchev–Trinajstić information content (AvgIpc) is 2.64. The first-order valence-electron chi connectivity index (χ1n) is 4.49. The predicted molar refractivity (Wildman–Crippen MR) is 57.1 cm³/mol. The van der Waals surface area contributed by atoms with Gasteiger partial charge in [0.15, 0.2) is 0 Å². The number of aliphatic hydroxyl groups is 1. The molecule has 1 N–H and O–H groups in total. The van der Waals surface area contributed by atoms with Crippen LogP contribution in [0.1, 0.15) is 6.42 Å². The molecule has 4 heteroatoms. The molecule has 0 unspecified atom stereocenters. The highest BCUT2D eigenvalue weighted by atomic mass is 127. The highest BCUT2D eigenvalue weighted by Crippen LogP contribution is 2.23. The fourth-order valence-corrected chi connectivity index (χ4v) is 2.24. The summed E-state index contributed by atoms with van der Waals surface area (Å²) in [6.45, 7) is 1.47.